The molecule has 0 radical (unpaired) electrons. The number of aromatic hydroxyl groups is 1. The first kappa shape index (κ1) is 14.0. The van der Waals surface area contributed by atoms with E-state index in [1.165, 1.54) is 0 Å². The Labute approximate surface area is 102 Å². The molecular formula is C13H21NO3. The third kappa shape index (κ3) is 4.34. The highest BCUT2D eigenvalue weighted by molar-refractivity contribution is 5.34. The fraction of sp³-hybridized carbons (Fsp3) is 0.538. The van der Waals surface area contributed by atoms with Crippen LogP contribution in [0.1, 0.15) is 24.9 Å². The van der Waals surface area contributed by atoms with Gasteiger partial charge >= 0.3 is 0 Å². The Morgan fingerprint density at radius 2 is 2.06 bits per heavy atom. The van der Waals surface area contributed by atoms with Crippen molar-refractivity contribution in [2.24, 2.45) is 0 Å². The Bertz CT molecular complexity index is 330. The van der Waals surface area contributed by atoms with Crippen LogP contribution in [0.4, 0.5) is 0 Å². The van der Waals surface area contributed by atoms with Crippen molar-refractivity contribution in [2.75, 3.05) is 20.3 Å². The third-order valence-electron chi connectivity index (χ3n) is 2.68. The fourth-order valence-corrected chi connectivity index (χ4v) is 1.79. The Morgan fingerprint density at radius 3 is 2.65 bits per heavy atom. The minimum atomic E-state index is -0.528. The van der Waals surface area contributed by atoms with Gasteiger partial charge in [-0.05, 0) is 12.5 Å². The Kier molecular flexibility index (Phi) is 5.97. The molecule has 0 saturated carbocycles. The van der Waals surface area contributed by atoms with E-state index in [1.54, 1.807) is 19.2 Å². The SMILES string of the molecule is CCC(NCC(O)COC)c1ccccc1O. The van der Waals surface area contributed by atoms with Gasteiger partial charge in [0, 0.05) is 25.3 Å². The predicted octanol–water partition coefficient (Wildman–Crippen LogP) is 1.44. The van der Waals surface area contributed by atoms with E-state index >= 15 is 0 Å². The zero-order valence-corrected chi connectivity index (χ0v) is 10.4. The van der Waals surface area contributed by atoms with Gasteiger partial charge in [-0.2, -0.15) is 0 Å². The highest BCUT2D eigenvalue weighted by atomic mass is 16.5. The molecule has 17 heavy (non-hydrogen) atoms. The molecule has 4 nitrogen and oxygen atoms in total. The smallest absolute Gasteiger partial charge is 0.120 e. The van der Waals surface area contributed by atoms with Crippen molar-refractivity contribution in [3.8, 4) is 5.75 Å². The largest absolute Gasteiger partial charge is 0.508 e. The van der Waals surface area contributed by atoms with Crippen molar-refractivity contribution in [3.63, 3.8) is 0 Å². The lowest BCUT2D eigenvalue weighted by Gasteiger charge is -2.20. The van der Waals surface area contributed by atoms with Crippen molar-refractivity contribution in [1.82, 2.24) is 5.32 Å². The van der Waals surface area contributed by atoms with Crippen molar-refractivity contribution < 1.29 is 14.9 Å². The average Bonchev–Trinajstić information content (AvgIpc) is 2.32. The van der Waals surface area contributed by atoms with Gasteiger partial charge in [-0.1, -0.05) is 25.1 Å². The minimum Gasteiger partial charge on any atom is -0.508 e. The van der Waals surface area contributed by atoms with Crippen LogP contribution in [-0.4, -0.2) is 36.6 Å². The number of hydrogen-bond donors (Lipinski definition) is 3. The molecule has 0 fully saturated rings. The molecular weight excluding hydrogens is 218 g/mol. The zero-order valence-electron chi connectivity index (χ0n) is 10.4. The average molecular weight is 239 g/mol. The van der Waals surface area contributed by atoms with Crippen molar-refractivity contribution in [3.05, 3.63) is 29.8 Å². The van der Waals surface area contributed by atoms with E-state index in [4.69, 9.17) is 4.74 Å². The molecule has 0 heterocycles. The maximum Gasteiger partial charge on any atom is 0.120 e. The number of benzene rings is 1. The first-order valence-electron chi connectivity index (χ1n) is 5.87. The summed E-state index contributed by atoms with van der Waals surface area (Å²) in [6.45, 7) is 2.79. The standard InChI is InChI=1S/C13H21NO3/c1-3-12(14-8-10(15)9-17-2)11-6-4-5-7-13(11)16/h4-7,10,12,14-16H,3,8-9H2,1-2H3. The molecule has 4 heteroatoms. The Balaban J connectivity index is 2.57. The molecule has 1 aromatic rings. The van der Waals surface area contributed by atoms with Crippen LogP contribution in [-0.2, 0) is 4.74 Å². The number of methoxy groups -OCH3 is 1. The van der Waals surface area contributed by atoms with Gasteiger partial charge in [0.2, 0.25) is 0 Å². The Morgan fingerprint density at radius 1 is 1.35 bits per heavy atom. The predicted molar refractivity (Wildman–Crippen MR) is 67.0 cm³/mol. The van der Waals surface area contributed by atoms with Gasteiger partial charge in [0.25, 0.3) is 0 Å². The Hall–Kier alpha value is -1.10. The van der Waals surface area contributed by atoms with E-state index in [0.29, 0.717) is 13.2 Å². The summed E-state index contributed by atoms with van der Waals surface area (Å²) in [5.74, 6) is 0.285. The highest BCUT2D eigenvalue weighted by Crippen LogP contribution is 2.25. The van der Waals surface area contributed by atoms with E-state index in [0.717, 1.165) is 12.0 Å². The lowest BCUT2D eigenvalue weighted by molar-refractivity contribution is 0.0625. The van der Waals surface area contributed by atoms with Crippen LogP contribution in [0.25, 0.3) is 0 Å². The van der Waals surface area contributed by atoms with Gasteiger partial charge in [0.15, 0.2) is 0 Å². The topological polar surface area (TPSA) is 61.7 Å². The lowest BCUT2D eigenvalue weighted by atomic mass is 10.0. The molecule has 0 bridgehead atoms. The first-order valence-corrected chi connectivity index (χ1v) is 5.87. The summed E-state index contributed by atoms with van der Waals surface area (Å²) in [6, 6.07) is 7.29. The quantitative estimate of drug-likeness (QED) is 0.674. The van der Waals surface area contributed by atoms with E-state index < -0.39 is 6.10 Å². The fourth-order valence-electron chi connectivity index (χ4n) is 1.79. The van der Waals surface area contributed by atoms with E-state index in [1.807, 2.05) is 19.1 Å². The van der Waals surface area contributed by atoms with Crippen LogP contribution in [0.3, 0.4) is 0 Å². The molecule has 96 valence electrons. The summed E-state index contributed by atoms with van der Waals surface area (Å²) >= 11 is 0. The van der Waals surface area contributed by atoms with Gasteiger partial charge in [0.1, 0.15) is 5.75 Å². The molecule has 0 saturated heterocycles. The molecule has 0 aliphatic carbocycles. The summed E-state index contributed by atoms with van der Waals surface area (Å²) in [7, 11) is 1.56. The normalized spacial score (nSPS) is 14.5. The van der Waals surface area contributed by atoms with E-state index in [9.17, 15) is 10.2 Å². The molecule has 2 atom stereocenters. The van der Waals surface area contributed by atoms with E-state index in [2.05, 4.69) is 5.32 Å². The number of ether oxygens (including phenoxy) is 1. The summed E-state index contributed by atoms with van der Waals surface area (Å²) in [5, 5.41) is 22.5. The molecule has 0 aliphatic rings. The molecule has 3 N–H and O–H groups in total. The summed E-state index contributed by atoms with van der Waals surface area (Å²) in [4.78, 5) is 0. The number of nitrogens with one attached hydrogen (secondary N) is 1. The maximum absolute atomic E-state index is 9.75. The number of aliphatic hydroxyl groups excluding tert-OH is 1. The van der Waals surface area contributed by atoms with Crippen LogP contribution in [0.5, 0.6) is 5.75 Å². The molecule has 0 amide bonds. The van der Waals surface area contributed by atoms with Crippen LogP contribution in [0.15, 0.2) is 24.3 Å². The van der Waals surface area contributed by atoms with Gasteiger partial charge in [-0.3, -0.25) is 0 Å². The van der Waals surface area contributed by atoms with Crippen LogP contribution in [0.2, 0.25) is 0 Å². The second kappa shape index (κ2) is 7.27. The lowest BCUT2D eigenvalue weighted by Crippen LogP contribution is -2.32. The molecule has 2 unspecified atom stereocenters. The summed E-state index contributed by atoms with van der Waals surface area (Å²) < 4.78 is 4.86. The highest BCUT2D eigenvalue weighted by Gasteiger charge is 2.14. The second-order valence-electron chi connectivity index (χ2n) is 4.04. The summed E-state index contributed by atoms with van der Waals surface area (Å²) in [5.41, 5.74) is 0.861. The van der Waals surface area contributed by atoms with Gasteiger partial charge in [0.05, 0.1) is 12.7 Å². The van der Waals surface area contributed by atoms with Crippen molar-refractivity contribution in [2.45, 2.75) is 25.5 Å². The minimum absolute atomic E-state index is 0.0442. The molecule has 1 aromatic carbocycles. The summed E-state index contributed by atoms with van der Waals surface area (Å²) in [6.07, 6.45) is 0.317. The number of phenolic OH excluding ortho intramolecular Hbond substituents is 1. The van der Waals surface area contributed by atoms with Gasteiger partial charge in [-0.15, -0.1) is 0 Å². The van der Waals surface area contributed by atoms with Gasteiger partial charge in [-0.25, -0.2) is 0 Å². The second-order valence-corrected chi connectivity index (χ2v) is 4.04. The number of para-hydroxylation sites is 1. The molecule has 0 aromatic heterocycles. The molecule has 1 rings (SSSR count). The zero-order chi connectivity index (χ0) is 12.7. The number of aliphatic hydroxyl groups is 1. The van der Waals surface area contributed by atoms with Gasteiger partial charge < -0.3 is 20.3 Å². The van der Waals surface area contributed by atoms with Crippen LogP contribution < -0.4 is 5.32 Å². The van der Waals surface area contributed by atoms with Crippen LogP contribution in [0, 0.1) is 0 Å². The van der Waals surface area contributed by atoms with Crippen LogP contribution >= 0.6 is 0 Å². The number of hydrogen-bond acceptors (Lipinski definition) is 4. The van der Waals surface area contributed by atoms with Crippen molar-refractivity contribution >= 4 is 0 Å². The third-order valence-corrected chi connectivity index (χ3v) is 2.68. The molecule has 0 spiro atoms. The maximum atomic E-state index is 9.75. The molecule has 0 aliphatic heterocycles. The number of phenols is 1. The number of rotatable bonds is 7. The van der Waals surface area contributed by atoms with E-state index in [-0.39, 0.29) is 11.8 Å². The monoisotopic (exact) mass is 239 g/mol. The first-order chi connectivity index (χ1) is 8.19. The van der Waals surface area contributed by atoms with Crippen molar-refractivity contribution in [1.29, 1.82) is 0 Å².